The van der Waals surface area contributed by atoms with Gasteiger partial charge in [0.1, 0.15) is 5.82 Å². The molecule has 1 aliphatic heterocycles. The van der Waals surface area contributed by atoms with E-state index >= 15 is 0 Å². The van der Waals surface area contributed by atoms with Crippen LogP contribution in [0.1, 0.15) is 34.1 Å². The molecule has 4 rings (SSSR count). The van der Waals surface area contributed by atoms with Gasteiger partial charge in [-0.1, -0.05) is 18.2 Å². The van der Waals surface area contributed by atoms with Gasteiger partial charge in [-0.15, -0.1) is 11.3 Å². The van der Waals surface area contributed by atoms with Crippen LogP contribution in [0, 0.1) is 5.82 Å². The second-order valence-electron chi connectivity index (χ2n) is 7.07. The van der Waals surface area contributed by atoms with Crippen molar-refractivity contribution in [3.63, 3.8) is 0 Å². The number of hydrogen-bond donors (Lipinski definition) is 1. The van der Waals surface area contributed by atoms with E-state index in [1.165, 1.54) is 42.5 Å². The highest BCUT2D eigenvalue weighted by Crippen LogP contribution is 2.29. The quantitative estimate of drug-likeness (QED) is 0.641. The zero-order valence-electron chi connectivity index (χ0n) is 16.0. The molecule has 6 nitrogen and oxygen atoms in total. The summed E-state index contributed by atoms with van der Waals surface area (Å²) in [6, 6.07) is 11.4. The number of carbonyl (C=O) groups is 1. The average Bonchev–Trinajstić information content (AvgIpc) is 3.30. The third-order valence-electron chi connectivity index (χ3n) is 5.02. The SMILES string of the molecule is O=C(c1cccc(S(=O)(=O)Nc2ccccc2F)c1)N1CCCC(c2nccs2)C1. The van der Waals surface area contributed by atoms with E-state index in [1.807, 2.05) is 5.38 Å². The van der Waals surface area contributed by atoms with Crippen LogP contribution in [0.2, 0.25) is 0 Å². The van der Waals surface area contributed by atoms with E-state index < -0.39 is 15.8 Å². The van der Waals surface area contributed by atoms with Gasteiger partial charge in [-0.3, -0.25) is 9.52 Å². The smallest absolute Gasteiger partial charge is 0.262 e. The summed E-state index contributed by atoms with van der Waals surface area (Å²) in [5.41, 5.74) is 0.141. The number of halogens is 1. The summed E-state index contributed by atoms with van der Waals surface area (Å²) >= 11 is 1.58. The van der Waals surface area contributed by atoms with Crippen LogP contribution in [-0.4, -0.2) is 37.3 Å². The number of sulfonamides is 1. The van der Waals surface area contributed by atoms with Gasteiger partial charge in [0.05, 0.1) is 15.6 Å². The second-order valence-corrected chi connectivity index (χ2v) is 9.68. The van der Waals surface area contributed by atoms with E-state index in [1.54, 1.807) is 28.5 Å². The lowest BCUT2D eigenvalue weighted by molar-refractivity contribution is 0.0707. The van der Waals surface area contributed by atoms with E-state index in [0.717, 1.165) is 17.8 Å². The van der Waals surface area contributed by atoms with Crippen LogP contribution >= 0.6 is 11.3 Å². The largest absolute Gasteiger partial charge is 0.338 e. The molecule has 0 aliphatic carbocycles. The lowest BCUT2D eigenvalue weighted by Gasteiger charge is -2.32. The molecule has 1 unspecified atom stereocenters. The summed E-state index contributed by atoms with van der Waals surface area (Å²) in [5.74, 6) is -0.702. The predicted octanol–water partition coefficient (Wildman–Crippen LogP) is 4.10. The van der Waals surface area contributed by atoms with Crippen LogP contribution in [0.3, 0.4) is 0 Å². The lowest BCUT2D eigenvalue weighted by atomic mass is 9.98. The number of piperidine rings is 1. The number of benzene rings is 2. The molecule has 2 heterocycles. The molecular weight excluding hydrogens is 425 g/mol. The Morgan fingerprint density at radius 1 is 1.20 bits per heavy atom. The standard InChI is InChI=1S/C21H20FN3O3S2/c22-18-8-1-2-9-19(18)24-30(27,28)17-7-3-5-15(13-17)21(26)25-11-4-6-16(14-25)20-23-10-12-29-20/h1-3,5,7-10,12-13,16,24H,4,6,11,14H2. The Morgan fingerprint density at radius 3 is 2.80 bits per heavy atom. The Morgan fingerprint density at radius 2 is 2.03 bits per heavy atom. The molecule has 3 aromatic rings. The van der Waals surface area contributed by atoms with Crippen LogP contribution in [0.4, 0.5) is 10.1 Å². The molecule has 156 valence electrons. The van der Waals surface area contributed by atoms with Crippen molar-refractivity contribution in [3.05, 3.63) is 76.5 Å². The maximum absolute atomic E-state index is 13.8. The molecule has 30 heavy (non-hydrogen) atoms. The molecule has 9 heteroatoms. The molecule has 1 N–H and O–H groups in total. The van der Waals surface area contributed by atoms with Crippen molar-refractivity contribution in [2.75, 3.05) is 17.8 Å². The Balaban J connectivity index is 1.54. The number of likely N-dealkylation sites (tertiary alicyclic amines) is 1. The van der Waals surface area contributed by atoms with Crippen molar-refractivity contribution < 1.29 is 17.6 Å². The highest BCUT2D eigenvalue weighted by Gasteiger charge is 2.27. The number of anilines is 1. The summed E-state index contributed by atoms with van der Waals surface area (Å²) in [6.45, 7) is 1.17. The van der Waals surface area contributed by atoms with Crippen molar-refractivity contribution in [1.82, 2.24) is 9.88 Å². The molecule has 1 saturated heterocycles. The van der Waals surface area contributed by atoms with Gasteiger partial charge >= 0.3 is 0 Å². The van der Waals surface area contributed by atoms with E-state index in [-0.39, 0.29) is 28.0 Å². The number of carbonyl (C=O) groups excluding carboxylic acids is 1. The molecule has 2 aromatic carbocycles. The van der Waals surface area contributed by atoms with Gasteiger partial charge in [-0.2, -0.15) is 0 Å². The third kappa shape index (κ3) is 4.36. The van der Waals surface area contributed by atoms with Gasteiger partial charge in [-0.05, 0) is 43.2 Å². The zero-order valence-corrected chi connectivity index (χ0v) is 17.6. The second kappa shape index (κ2) is 8.53. The van der Waals surface area contributed by atoms with Crippen LogP contribution in [0.5, 0.6) is 0 Å². The van der Waals surface area contributed by atoms with Crippen LogP contribution in [0.15, 0.2) is 65.0 Å². The van der Waals surface area contributed by atoms with E-state index in [4.69, 9.17) is 0 Å². The number of thiazole rings is 1. The highest BCUT2D eigenvalue weighted by atomic mass is 32.2. The van der Waals surface area contributed by atoms with Crippen LogP contribution in [0.25, 0.3) is 0 Å². The fourth-order valence-corrected chi connectivity index (χ4v) is 5.41. The van der Waals surface area contributed by atoms with Crippen LogP contribution in [-0.2, 0) is 10.0 Å². The zero-order chi connectivity index (χ0) is 21.1. The summed E-state index contributed by atoms with van der Waals surface area (Å²) in [7, 11) is -4.04. The van der Waals surface area contributed by atoms with Gasteiger partial charge in [-0.25, -0.2) is 17.8 Å². The van der Waals surface area contributed by atoms with Gasteiger partial charge in [0.2, 0.25) is 0 Å². The van der Waals surface area contributed by atoms with Crippen molar-refractivity contribution in [3.8, 4) is 0 Å². The van der Waals surface area contributed by atoms with E-state index in [9.17, 15) is 17.6 Å². The molecule has 0 saturated carbocycles. The molecule has 1 aromatic heterocycles. The maximum Gasteiger partial charge on any atom is 0.262 e. The number of amides is 1. The maximum atomic E-state index is 13.8. The first-order valence-corrected chi connectivity index (χ1v) is 11.9. The molecule has 1 aliphatic rings. The summed E-state index contributed by atoms with van der Waals surface area (Å²) in [5, 5.41) is 2.94. The number of nitrogens with one attached hydrogen (secondary N) is 1. The summed E-state index contributed by atoms with van der Waals surface area (Å²) in [4.78, 5) is 19.1. The lowest BCUT2D eigenvalue weighted by Crippen LogP contribution is -2.39. The fourth-order valence-electron chi connectivity index (χ4n) is 3.53. The molecule has 0 bridgehead atoms. The number of aromatic nitrogens is 1. The number of rotatable bonds is 5. The van der Waals surface area contributed by atoms with Crippen molar-refractivity contribution >= 4 is 33.0 Å². The minimum Gasteiger partial charge on any atom is -0.338 e. The topological polar surface area (TPSA) is 79.4 Å². The highest BCUT2D eigenvalue weighted by molar-refractivity contribution is 7.92. The van der Waals surface area contributed by atoms with Crippen molar-refractivity contribution in [2.24, 2.45) is 0 Å². The minimum atomic E-state index is -4.04. The first kappa shape index (κ1) is 20.5. The predicted molar refractivity (Wildman–Crippen MR) is 114 cm³/mol. The average molecular weight is 446 g/mol. The third-order valence-corrected chi connectivity index (χ3v) is 7.32. The van der Waals surface area contributed by atoms with Gasteiger partial charge < -0.3 is 4.90 Å². The summed E-state index contributed by atoms with van der Waals surface area (Å²) < 4.78 is 41.5. The van der Waals surface area contributed by atoms with Crippen molar-refractivity contribution in [1.29, 1.82) is 0 Å². The minimum absolute atomic E-state index is 0.0925. The molecular formula is C21H20FN3O3S2. The summed E-state index contributed by atoms with van der Waals surface area (Å²) in [6.07, 6.45) is 3.60. The number of para-hydroxylation sites is 1. The number of nitrogens with zero attached hydrogens (tertiary/aromatic N) is 2. The van der Waals surface area contributed by atoms with E-state index in [2.05, 4.69) is 9.71 Å². The Kier molecular flexibility index (Phi) is 5.83. The van der Waals surface area contributed by atoms with Gasteiger partial charge in [0, 0.05) is 36.1 Å². The molecule has 1 fully saturated rings. The fraction of sp³-hybridized carbons (Fsp3) is 0.238. The van der Waals surface area contributed by atoms with Gasteiger partial charge in [0.25, 0.3) is 15.9 Å². The molecule has 0 radical (unpaired) electrons. The van der Waals surface area contributed by atoms with Crippen LogP contribution < -0.4 is 4.72 Å². The molecule has 0 spiro atoms. The Hall–Kier alpha value is -2.78. The van der Waals surface area contributed by atoms with E-state index in [0.29, 0.717) is 13.1 Å². The van der Waals surface area contributed by atoms with Gasteiger partial charge in [0.15, 0.2) is 0 Å². The number of hydrogen-bond acceptors (Lipinski definition) is 5. The Bertz CT molecular complexity index is 1150. The molecule has 1 atom stereocenters. The first-order valence-electron chi connectivity index (χ1n) is 9.50. The first-order chi connectivity index (χ1) is 14.4. The molecule has 1 amide bonds. The monoisotopic (exact) mass is 445 g/mol. The Labute approximate surface area is 178 Å². The van der Waals surface area contributed by atoms with Crippen molar-refractivity contribution in [2.45, 2.75) is 23.7 Å². The normalized spacial score (nSPS) is 17.0.